The van der Waals surface area contributed by atoms with Gasteiger partial charge in [-0.1, -0.05) is 208 Å². The Bertz CT molecular complexity index is 4310. The van der Waals surface area contributed by atoms with Crippen molar-refractivity contribution < 1.29 is 4.42 Å². The van der Waals surface area contributed by atoms with Crippen LogP contribution in [-0.2, 0) is 10.8 Å². The summed E-state index contributed by atoms with van der Waals surface area (Å²) < 4.78 is 6.58. The lowest BCUT2D eigenvalue weighted by Crippen LogP contribution is -2.26. The summed E-state index contributed by atoms with van der Waals surface area (Å²) in [4.78, 5) is 8.79. The van der Waals surface area contributed by atoms with Crippen molar-refractivity contribution in [1.29, 1.82) is 0 Å². The smallest absolute Gasteiger partial charge is 0.190 e. The predicted molar refractivity (Wildman–Crippen MR) is 303 cm³/mol. The van der Waals surface area contributed by atoms with Crippen LogP contribution >= 0.6 is 11.3 Å². The summed E-state index contributed by atoms with van der Waals surface area (Å²) in [7, 11) is 0. The zero-order valence-electron chi connectivity index (χ0n) is 40.2. The van der Waals surface area contributed by atoms with Crippen LogP contribution in [0.5, 0.6) is 0 Å². The highest BCUT2D eigenvalue weighted by Gasteiger charge is 2.55. The first kappa shape index (κ1) is 41.7. The fourth-order valence-corrected chi connectivity index (χ4v) is 14.4. The van der Waals surface area contributed by atoms with Gasteiger partial charge in [-0.05, 0) is 109 Å². The maximum absolute atomic E-state index is 7.62. The summed E-state index contributed by atoms with van der Waals surface area (Å²) in [5.74, 6) is 0. The van der Waals surface area contributed by atoms with Crippen molar-refractivity contribution in [2.24, 2.45) is 0 Å². The standard InChI is InChI=1S/C69H44N2OS/c1-68(2)55-27-13-10-22-49(55)50-39-37-47(41-59(50)68)71(46-35-32-42(33-36-46)48-25-16-26-52-51-38-34-45(70-3)40-61(51)72-65(48)52)60-31-17-30-58-62(60)53-23-11-14-28-56(53)69(58)57-29-15-12-24-54(57)63-64(69)67(44-20-8-5-9-21-44)73-66(63)43-18-6-4-7-19-43/h4-41H,1-2H3. The molecule has 15 rings (SSSR count). The zero-order chi connectivity index (χ0) is 48.6. The van der Waals surface area contributed by atoms with Gasteiger partial charge >= 0.3 is 0 Å². The molecular formula is C69H44N2OS. The Kier molecular flexibility index (Phi) is 8.86. The van der Waals surface area contributed by atoms with Crippen LogP contribution in [0.15, 0.2) is 235 Å². The van der Waals surface area contributed by atoms with E-state index in [0.717, 1.165) is 50.1 Å². The van der Waals surface area contributed by atoms with Crippen molar-refractivity contribution >= 4 is 56.0 Å². The van der Waals surface area contributed by atoms with Gasteiger partial charge in [-0.2, -0.15) is 0 Å². The van der Waals surface area contributed by atoms with E-state index < -0.39 is 5.41 Å². The molecule has 1 spiro atoms. The molecule has 0 N–H and O–H groups in total. The topological polar surface area (TPSA) is 20.7 Å². The Labute approximate surface area is 428 Å². The normalized spacial score (nSPS) is 15.1. The van der Waals surface area contributed by atoms with Gasteiger partial charge < -0.3 is 9.32 Å². The van der Waals surface area contributed by atoms with E-state index in [1.165, 1.54) is 87.6 Å². The molecule has 0 saturated heterocycles. The third-order valence-corrected chi connectivity index (χ3v) is 17.4. The highest BCUT2D eigenvalue weighted by atomic mass is 32.1. The molecule has 2 heterocycles. The number of nitrogens with zero attached hydrogens (tertiary/aromatic N) is 2. The van der Waals surface area contributed by atoms with Gasteiger partial charge in [0.05, 0.1) is 17.7 Å². The summed E-state index contributed by atoms with van der Waals surface area (Å²) in [6, 6.07) is 84.6. The second-order valence-electron chi connectivity index (χ2n) is 20.1. The summed E-state index contributed by atoms with van der Waals surface area (Å²) in [5.41, 5.74) is 24.8. The molecule has 342 valence electrons. The number of furan rings is 1. The van der Waals surface area contributed by atoms with Gasteiger partial charge in [0.15, 0.2) is 5.69 Å². The van der Waals surface area contributed by atoms with Crippen LogP contribution in [-0.4, -0.2) is 0 Å². The van der Waals surface area contributed by atoms with Crippen molar-refractivity contribution in [3.8, 4) is 65.4 Å². The minimum Gasteiger partial charge on any atom is -0.457 e. The Hall–Kier alpha value is -9.01. The lowest BCUT2D eigenvalue weighted by molar-refractivity contribution is 0.660. The summed E-state index contributed by atoms with van der Waals surface area (Å²) >= 11 is 1.93. The van der Waals surface area contributed by atoms with Gasteiger partial charge in [-0.3, -0.25) is 0 Å². The van der Waals surface area contributed by atoms with E-state index in [4.69, 9.17) is 11.0 Å². The second-order valence-corrected chi connectivity index (χ2v) is 21.2. The van der Waals surface area contributed by atoms with Crippen molar-refractivity contribution in [1.82, 2.24) is 0 Å². The van der Waals surface area contributed by atoms with E-state index in [1.54, 1.807) is 0 Å². The molecule has 0 bridgehead atoms. The Morgan fingerprint density at radius 2 is 1.03 bits per heavy atom. The fourth-order valence-electron chi connectivity index (χ4n) is 13.0. The highest BCUT2D eigenvalue weighted by molar-refractivity contribution is 7.19. The number of hydrogen-bond acceptors (Lipinski definition) is 3. The molecule has 1 atom stereocenters. The van der Waals surface area contributed by atoms with Crippen LogP contribution < -0.4 is 4.90 Å². The molecule has 3 aliphatic carbocycles. The third kappa shape index (κ3) is 5.74. The number of rotatable bonds is 6. The van der Waals surface area contributed by atoms with Gasteiger partial charge in [0.2, 0.25) is 0 Å². The number of hydrogen-bond donors (Lipinski definition) is 0. The Balaban J connectivity index is 0.986. The molecule has 0 amide bonds. The molecular weight excluding hydrogens is 905 g/mol. The zero-order valence-corrected chi connectivity index (χ0v) is 41.0. The average molecular weight is 949 g/mol. The number of fused-ring (bicyclic) bond motifs is 16. The number of benzene rings is 10. The van der Waals surface area contributed by atoms with Crippen molar-refractivity contribution in [2.45, 2.75) is 24.7 Å². The molecule has 10 aromatic carbocycles. The summed E-state index contributed by atoms with van der Waals surface area (Å²) in [6.45, 7) is 12.4. The molecule has 3 nitrogen and oxygen atoms in total. The van der Waals surface area contributed by atoms with Gasteiger partial charge in [0.1, 0.15) is 11.2 Å². The lowest BCUT2D eigenvalue weighted by Gasteiger charge is -2.32. The molecule has 1 unspecified atom stereocenters. The van der Waals surface area contributed by atoms with Crippen LogP contribution in [0.4, 0.5) is 22.7 Å². The van der Waals surface area contributed by atoms with E-state index >= 15 is 0 Å². The molecule has 0 radical (unpaired) electrons. The largest absolute Gasteiger partial charge is 0.457 e. The maximum Gasteiger partial charge on any atom is 0.190 e. The van der Waals surface area contributed by atoms with Crippen LogP contribution in [0.25, 0.3) is 92.2 Å². The van der Waals surface area contributed by atoms with Gasteiger partial charge in [0, 0.05) is 54.0 Å². The molecule has 0 saturated carbocycles. The quantitative estimate of drug-likeness (QED) is 0.155. The van der Waals surface area contributed by atoms with Crippen molar-refractivity contribution in [2.75, 3.05) is 4.90 Å². The molecule has 12 aromatic rings. The fraction of sp³-hybridized carbons (Fsp3) is 0.0580. The van der Waals surface area contributed by atoms with Crippen molar-refractivity contribution in [3.63, 3.8) is 0 Å². The van der Waals surface area contributed by atoms with Crippen molar-refractivity contribution in [3.05, 3.63) is 275 Å². The van der Waals surface area contributed by atoms with Gasteiger partial charge in [0.25, 0.3) is 0 Å². The molecule has 73 heavy (non-hydrogen) atoms. The van der Waals surface area contributed by atoms with E-state index in [1.807, 2.05) is 29.5 Å². The number of anilines is 3. The first-order chi connectivity index (χ1) is 35.9. The van der Waals surface area contributed by atoms with Crippen LogP contribution in [0.3, 0.4) is 0 Å². The number of thiophene rings is 1. The molecule has 0 fully saturated rings. The first-order valence-corrected chi connectivity index (χ1v) is 25.8. The maximum atomic E-state index is 7.62. The predicted octanol–water partition coefficient (Wildman–Crippen LogP) is 19.3. The van der Waals surface area contributed by atoms with Gasteiger partial charge in [-0.25, -0.2) is 4.85 Å². The molecule has 3 aliphatic rings. The van der Waals surface area contributed by atoms with Crippen LogP contribution in [0.2, 0.25) is 0 Å². The Morgan fingerprint density at radius 1 is 0.438 bits per heavy atom. The highest BCUT2D eigenvalue weighted by Crippen LogP contribution is 2.69. The first-order valence-electron chi connectivity index (χ1n) is 25.0. The van der Waals surface area contributed by atoms with Crippen LogP contribution in [0.1, 0.15) is 47.2 Å². The third-order valence-electron chi connectivity index (χ3n) is 16.1. The summed E-state index contributed by atoms with van der Waals surface area (Å²) in [5, 5.41) is 2.05. The number of para-hydroxylation sites is 1. The Morgan fingerprint density at radius 3 is 1.75 bits per heavy atom. The van der Waals surface area contributed by atoms with E-state index in [-0.39, 0.29) is 5.41 Å². The average Bonchev–Trinajstić information content (AvgIpc) is 4.23. The summed E-state index contributed by atoms with van der Waals surface area (Å²) in [6.07, 6.45) is 0. The van der Waals surface area contributed by atoms with Crippen LogP contribution in [0, 0.1) is 6.57 Å². The second kappa shape index (κ2) is 15.5. The van der Waals surface area contributed by atoms with E-state index in [0.29, 0.717) is 5.69 Å². The minimum absolute atomic E-state index is 0.194. The van der Waals surface area contributed by atoms with E-state index in [9.17, 15) is 0 Å². The van der Waals surface area contributed by atoms with E-state index in [2.05, 4.69) is 236 Å². The monoisotopic (exact) mass is 948 g/mol. The molecule has 2 aromatic heterocycles. The SMILES string of the molecule is [C-]#[N+]c1ccc2c(c1)oc1c(-c3ccc(N(c4ccc5c(c4)C(C)(C)c4ccccc4-5)c4cccc5c4-c4ccccc4C54c5ccccc5-c5c(-c6ccccc6)sc(-c6ccccc6)c54)cc3)cccc12. The molecule has 0 aliphatic heterocycles. The lowest BCUT2D eigenvalue weighted by atomic mass is 9.70. The van der Waals surface area contributed by atoms with Gasteiger partial charge in [-0.15, -0.1) is 11.3 Å². The minimum atomic E-state index is -0.597. The molecule has 4 heteroatoms.